The van der Waals surface area contributed by atoms with Crippen LogP contribution < -0.4 is 11.2 Å². The SMILES string of the molecule is CCc1cc(=O)n(-c2cc(C(=O)OC(C)C)c(Br)cc2F)c(=O)n1C(F)F. The van der Waals surface area contributed by atoms with E-state index in [1.165, 1.54) is 6.92 Å². The van der Waals surface area contributed by atoms with Crippen molar-refractivity contribution >= 4 is 21.9 Å². The van der Waals surface area contributed by atoms with Crippen LogP contribution >= 0.6 is 15.9 Å². The molecule has 0 N–H and O–H groups in total. The second-order valence-corrected chi connectivity index (χ2v) is 6.68. The van der Waals surface area contributed by atoms with Gasteiger partial charge in [-0.05, 0) is 48.3 Å². The van der Waals surface area contributed by atoms with E-state index in [0.29, 0.717) is 0 Å². The van der Waals surface area contributed by atoms with Crippen LogP contribution in [0.5, 0.6) is 0 Å². The number of hydrogen-bond acceptors (Lipinski definition) is 4. The lowest BCUT2D eigenvalue weighted by molar-refractivity contribution is 0.0376. The van der Waals surface area contributed by atoms with Crippen molar-refractivity contribution < 1.29 is 22.7 Å². The molecule has 0 unspecified atom stereocenters. The van der Waals surface area contributed by atoms with Gasteiger partial charge in [0.05, 0.1) is 17.4 Å². The normalized spacial score (nSPS) is 11.3. The van der Waals surface area contributed by atoms with Crippen LogP contribution in [0.15, 0.2) is 32.3 Å². The Morgan fingerprint density at radius 1 is 1.22 bits per heavy atom. The Labute approximate surface area is 160 Å². The van der Waals surface area contributed by atoms with Gasteiger partial charge in [-0.3, -0.25) is 4.79 Å². The highest BCUT2D eigenvalue weighted by molar-refractivity contribution is 9.10. The number of nitrogens with zero attached hydrogens (tertiary/aromatic N) is 2. The van der Waals surface area contributed by atoms with Gasteiger partial charge >= 0.3 is 18.2 Å². The Kier molecular flexibility index (Phi) is 6.30. The summed E-state index contributed by atoms with van der Waals surface area (Å²) in [6.07, 6.45) is -0.467. The Bertz CT molecular complexity index is 999. The fourth-order valence-corrected chi connectivity index (χ4v) is 2.92. The molecule has 1 aromatic carbocycles. The Hall–Kier alpha value is -2.36. The van der Waals surface area contributed by atoms with Crippen molar-refractivity contribution in [2.24, 2.45) is 0 Å². The summed E-state index contributed by atoms with van der Waals surface area (Å²) in [7, 11) is 0. The highest BCUT2D eigenvalue weighted by Crippen LogP contribution is 2.24. The van der Waals surface area contributed by atoms with Gasteiger partial charge in [0.1, 0.15) is 5.82 Å². The Morgan fingerprint density at radius 2 is 1.85 bits per heavy atom. The lowest BCUT2D eigenvalue weighted by atomic mass is 10.2. The van der Waals surface area contributed by atoms with Gasteiger partial charge in [0.2, 0.25) is 0 Å². The van der Waals surface area contributed by atoms with Crippen molar-refractivity contribution in [1.29, 1.82) is 0 Å². The number of carbonyl (C=O) groups excluding carboxylic acids is 1. The molecule has 0 fully saturated rings. The minimum Gasteiger partial charge on any atom is -0.459 e. The highest BCUT2D eigenvalue weighted by atomic mass is 79.9. The van der Waals surface area contributed by atoms with E-state index in [1.54, 1.807) is 13.8 Å². The van der Waals surface area contributed by atoms with Gasteiger partial charge in [0.15, 0.2) is 0 Å². The fraction of sp³-hybridized carbons (Fsp3) is 0.353. The average Bonchev–Trinajstić information content (AvgIpc) is 2.54. The largest absolute Gasteiger partial charge is 0.459 e. The van der Waals surface area contributed by atoms with Crippen molar-refractivity contribution in [3.63, 3.8) is 0 Å². The van der Waals surface area contributed by atoms with Gasteiger partial charge in [-0.15, -0.1) is 0 Å². The molecule has 2 aromatic rings. The molecular weight excluding hydrogens is 433 g/mol. The second-order valence-electron chi connectivity index (χ2n) is 5.83. The number of carbonyl (C=O) groups is 1. The summed E-state index contributed by atoms with van der Waals surface area (Å²) in [5.74, 6) is -1.88. The first-order valence-electron chi connectivity index (χ1n) is 7.94. The predicted molar refractivity (Wildman–Crippen MR) is 95.1 cm³/mol. The van der Waals surface area contributed by atoms with E-state index >= 15 is 0 Å². The van der Waals surface area contributed by atoms with Crippen molar-refractivity contribution in [2.75, 3.05) is 0 Å². The summed E-state index contributed by atoms with van der Waals surface area (Å²) in [5, 5.41) is 0. The number of hydrogen-bond donors (Lipinski definition) is 0. The predicted octanol–water partition coefficient (Wildman–Crippen LogP) is 3.42. The third kappa shape index (κ3) is 4.15. The molecule has 27 heavy (non-hydrogen) atoms. The van der Waals surface area contributed by atoms with Gasteiger partial charge in [-0.1, -0.05) is 6.92 Å². The number of benzene rings is 1. The average molecular weight is 449 g/mol. The number of alkyl halides is 2. The molecule has 146 valence electrons. The van der Waals surface area contributed by atoms with E-state index in [4.69, 9.17) is 4.74 Å². The molecule has 0 amide bonds. The van der Waals surface area contributed by atoms with E-state index in [0.717, 1.165) is 18.2 Å². The molecule has 10 heteroatoms. The smallest absolute Gasteiger partial charge is 0.340 e. The van der Waals surface area contributed by atoms with E-state index in [-0.39, 0.29) is 31.3 Å². The summed E-state index contributed by atoms with van der Waals surface area (Å²) in [4.78, 5) is 36.9. The molecule has 0 bridgehead atoms. The first-order valence-corrected chi connectivity index (χ1v) is 8.73. The number of rotatable bonds is 5. The summed E-state index contributed by atoms with van der Waals surface area (Å²) >= 11 is 3.01. The van der Waals surface area contributed by atoms with Gasteiger partial charge in [0.25, 0.3) is 5.56 Å². The first-order chi connectivity index (χ1) is 12.6. The van der Waals surface area contributed by atoms with E-state index < -0.39 is 41.4 Å². The molecule has 0 aliphatic rings. The number of ether oxygens (including phenoxy) is 1. The van der Waals surface area contributed by atoms with Crippen LogP contribution in [0, 0.1) is 5.82 Å². The Morgan fingerprint density at radius 3 is 2.37 bits per heavy atom. The van der Waals surface area contributed by atoms with Crippen molar-refractivity contribution in [1.82, 2.24) is 9.13 Å². The maximum Gasteiger partial charge on any atom is 0.340 e. The molecular formula is C17H16BrF3N2O4. The standard InChI is InChI=1S/C17H16BrF3N2O4/c1-4-9-5-14(24)23(17(26)22(9)16(20)21)13-6-10(11(18)7-12(13)19)15(25)27-8(2)3/h5-8,16H,4H2,1-3H3. The molecule has 1 aromatic heterocycles. The molecule has 2 rings (SSSR count). The molecule has 0 aliphatic carbocycles. The maximum absolute atomic E-state index is 14.4. The zero-order valence-electron chi connectivity index (χ0n) is 14.6. The summed E-state index contributed by atoms with van der Waals surface area (Å²) in [5.41, 5.74) is -3.36. The van der Waals surface area contributed by atoms with Crippen LogP contribution in [0.1, 0.15) is 43.4 Å². The zero-order valence-corrected chi connectivity index (χ0v) is 16.2. The molecule has 1 heterocycles. The van der Waals surface area contributed by atoms with Crippen LogP contribution in [0.4, 0.5) is 13.2 Å². The quantitative estimate of drug-likeness (QED) is 0.657. The number of halogens is 4. The zero-order chi connectivity index (χ0) is 20.5. The number of aryl methyl sites for hydroxylation is 1. The van der Waals surface area contributed by atoms with Gasteiger partial charge < -0.3 is 4.74 Å². The molecule has 0 spiro atoms. The monoisotopic (exact) mass is 448 g/mol. The van der Waals surface area contributed by atoms with Crippen LogP contribution in [0.3, 0.4) is 0 Å². The molecule has 0 saturated carbocycles. The van der Waals surface area contributed by atoms with Gasteiger partial charge in [-0.2, -0.15) is 8.78 Å². The van der Waals surface area contributed by atoms with Crippen molar-refractivity contribution in [3.8, 4) is 5.69 Å². The third-order valence-corrected chi connectivity index (χ3v) is 4.27. The third-order valence-electron chi connectivity index (χ3n) is 3.61. The first kappa shape index (κ1) is 20.9. The molecule has 0 saturated heterocycles. The molecule has 0 aliphatic heterocycles. The minimum atomic E-state index is -3.22. The van der Waals surface area contributed by atoms with Gasteiger partial charge in [-0.25, -0.2) is 23.1 Å². The Balaban J connectivity index is 2.79. The maximum atomic E-state index is 14.4. The van der Waals surface area contributed by atoms with E-state index in [9.17, 15) is 27.6 Å². The van der Waals surface area contributed by atoms with Crippen molar-refractivity contribution in [2.45, 2.75) is 39.8 Å². The summed E-state index contributed by atoms with van der Waals surface area (Å²) in [6, 6.07) is 2.61. The lowest BCUT2D eigenvalue weighted by Gasteiger charge is -2.15. The topological polar surface area (TPSA) is 70.3 Å². The number of esters is 1. The number of aromatic nitrogens is 2. The summed E-state index contributed by atoms with van der Waals surface area (Å²) in [6.45, 7) is 1.48. The van der Waals surface area contributed by atoms with Crippen LogP contribution in [-0.4, -0.2) is 21.2 Å². The molecule has 6 nitrogen and oxygen atoms in total. The second kappa shape index (κ2) is 8.12. The lowest BCUT2D eigenvalue weighted by Crippen LogP contribution is -2.40. The van der Waals surface area contributed by atoms with E-state index in [1.807, 2.05) is 0 Å². The minimum absolute atomic E-state index is 0.00441. The van der Waals surface area contributed by atoms with Crippen molar-refractivity contribution in [3.05, 3.63) is 60.6 Å². The van der Waals surface area contributed by atoms with Gasteiger partial charge in [0, 0.05) is 16.2 Å². The summed E-state index contributed by atoms with van der Waals surface area (Å²) < 4.78 is 46.4. The highest BCUT2D eigenvalue weighted by Gasteiger charge is 2.23. The van der Waals surface area contributed by atoms with Crippen LogP contribution in [0.2, 0.25) is 0 Å². The van der Waals surface area contributed by atoms with Crippen LogP contribution in [-0.2, 0) is 11.2 Å². The molecule has 0 atom stereocenters. The van der Waals surface area contributed by atoms with E-state index in [2.05, 4.69) is 15.9 Å². The van der Waals surface area contributed by atoms with Crippen LogP contribution in [0.25, 0.3) is 5.69 Å². The molecule has 0 radical (unpaired) electrons. The fourth-order valence-electron chi connectivity index (χ4n) is 2.45.